The highest BCUT2D eigenvalue weighted by molar-refractivity contribution is 5.97. The number of imidazole rings is 1. The minimum atomic E-state index is 0.309. The van der Waals surface area contributed by atoms with Crippen LogP contribution in [0.3, 0.4) is 0 Å². The second-order valence-electron chi connectivity index (χ2n) is 5.42. The van der Waals surface area contributed by atoms with E-state index < -0.39 is 0 Å². The van der Waals surface area contributed by atoms with Crippen LogP contribution in [0.5, 0.6) is 5.75 Å². The van der Waals surface area contributed by atoms with Crippen molar-refractivity contribution in [1.29, 1.82) is 0 Å². The van der Waals surface area contributed by atoms with E-state index >= 15 is 0 Å². The third-order valence-corrected chi connectivity index (χ3v) is 3.66. The highest BCUT2D eigenvalue weighted by atomic mass is 16.3. The van der Waals surface area contributed by atoms with E-state index in [4.69, 9.17) is 0 Å². The number of aromatic hydroxyl groups is 1. The van der Waals surface area contributed by atoms with Crippen molar-refractivity contribution >= 4 is 16.5 Å². The van der Waals surface area contributed by atoms with Crippen LogP contribution in [0.25, 0.3) is 10.8 Å². The molecule has 1 aromatic heterocycles. The Hall–Kier alpha value is -2.49. The number of fused-ring (bicyclic) bond motifs is 1. The van der Waals surface area contributed by atoms with E-state index in [2.05, 4.69) is 28.7 Å². The Bertz CT molecular complexity index is 762. The van der Waals surface area contributed by atoms with Crippen LogP contribution < -0.4 is 5.32 Å². The summed E-state index contributed by atoms with van der Waals surface area (Å²) in [5.41, 5.74) is 2.15. The zero-order valence-electron chi connectivity index (χ0n) is 12.2. The van der Waals surface area contributed by atoms with Crippen molar-refractivity contribution in [1.82, 2.24) is 9.55 Å². The molecule has 3 rings (SSSR count). The fourth-order valence-electron chi connectivity index (χ4n) is 2.57. The van der Waals surface area contributed by atoms with Crippen molar-refractivity contribution in [3.8, 4) is 5.75 Å². The fraction of sp³-hybridized carbons (Fsp3) is 0.235. The molecule has 108 valence electrons. The van der Waals surface area contributed by atoms with Gasteiger partial charge >= 0.3 is 0 Å². The lowest BCUT2D eigenvalue weighted by Gasteiger charge is -2.14. The smallest absolute Gasteiger partial charge is 0.123 e. The highest BCUT2D eigenvalue weighted by Crippen LogP contribution is 2.30. The zero-order valence-corrected chi connectivity index (χ0v) is 12.2. The molecule has 0 saturated carbocycles. The monoisotopic (exact) mass is 281 g/mol. The Balaban J connectivity index is 1.89. The number of hydrogen-bond acceptors (Lipinski definition) is 3. The fourth-order valence-corrected chi connectivity index (χ4v) is 2.57. The molecule has 0 unspecified atom stereocenters. The molecule has 0 fully saturated rings. The average Bonchev–Trinajstić information content (AvgIpc) is 2.94. The van der Waals surface area contributed by atoms with Gasteiger partial charge in [-0.05, 0) is 26.0 Å². The first kappa shape index (κ1) is 13.5. The predicted octanol–water partition coefficient (Wildman–Crippen LogP) is 3.93. The van der Waals surface area contributed by atoms with Gasteiger partial charge in [-0.1, -0.05) is 24.3 Å². The lowest BCUT2D eigenvalue weighted by atomic mass is 10.1. The van der Waals surface area contributed by atoms with Gasteiger partial charge in [0.2, 0.25) is 0 Å². The number of hydrogen-bond donors (Lipinski definition) is 2. The third-order valence-electron chi connectivity index (χ3n) is 3.66. The molecule has 0 aliphatic rings. The molecule has 21 heavy (non-hydrogen) atoms. The minimum Gasteiger partial charge on any atom is -0.507 e. The van der Waals surface area contributed by atoms with E-state index in [1.54, 1.807) is 6.07 Å². The maximum Gasteiger partial charge on any atom is 0.123 e. The summed E-state index contributed by atoms with van der Waals surface area (Å²) in [6.45, 7) is 4.98. The third kappa shape index (κ3) is 2.57. The molecule has 0 aliphatic carbocycles. The summed E-state index contributed by atoms with van der Waals surface area (Å²) < 4.78 is 2.15. The van der Waals surface area contributed by atoms with Gasteiger partial charge in [-0.15, -0.1) is 0 Å². The van der Waals surface area contributed by atoms with Gasteiger partial charge in [0.1, 0.15) is 5.75 Å². The second kappa shape index (κ2) is 5.48. The summed E-state index contributed by atoms with van der Waals surface area (Å²) in [6.07, 6.45) is 3.74. The number of nitrogens with one attached hydrogen (secondary N) is 1. The van der Waals surface area contributed by atoms with Crippen molar-refractivity contribution in [3.05, 3.63) is 54.6 Å². The SMILES string of the molecule is CC(C)n1cncc1CNc1cccc2c(O)cccc12. The molecule has 0 bridgehead atoms. The van der Waals surface area contributed by atoms with E-state index in [9.17, 15) is 5.11 Å². The molecule has 2 N–H and O–H groups in total. The van der Waals surface area contributed by atoms with Crippen molar-refractivity contribution in [3.63, 3.8) is 0 Å². The Kier molecular flexibility index (Phi) is 3.52. The molecule has 1 heterocycles. The molecular weight excluding hydrogens is 262 g/mol. The molecule has 0 spiro atoms. The van der Waals surface area contributed by atoms with Gasteiger partial charge in [-0.2, -0.15) is 0 Å². The number of aromatic nitrogens is 2. The Morgan fingerprint density at radius 3 is 2.71 bits per heavy atom. The zero-order chi connectivity index (χ0) is 14.8. The normalized spacial score (nSPS) is 11.2. The van der Waals surface area contributed by atoms with Crippen LogP contribution in [-0.4, -0.2) is 14.7 Å². The molecule has 4 heteroatoms. The summed E-state index contributed by atoms with van der Waals surface area (Å²) in [7, 11) is 0. The summed E-state index contributed by atoms with van der Waals surface area (Å²) >= 11 is 0. The number of rotatable bonds is 4. The van der Waals surface area contributed by atoms with Crippen LogP contribution in [-0.2, 0) is 6.54 Å². The number of nitrogens with zero attached hydrogens (tertiary/aromatic N) is 2. The Morgan fingerprint density at radius 2 is 1.90 bits per heavy atom. The quantitative estimate of drug-likeness (QED) is 0.761. The molecule has 3 aromatic rings. The minimum absolute atomic E-state index is 0.309. The molecule has 0 radical (unpaired) electrons. The summed E-state index contributed by atoms with van der Waals surface area (Å²) in [5.74, 6) is 0.309. The summed E-state index contributed by atoms with van der Waals surface area (Å²) in [6, 6.07) is 11.9. The van der Waals surface area contributed by atoms with Gasteiger partial charge in [-0.25, -0.2) is 4.98 Å². The van der Waals surface area contributed by atoms with Gasteiger partial charge in [0.15, 0.2) is 0 Å². The summed E-state index contributed by atoms with van der Waals surface area (Å²) in [5, 5.41) is 15.2. The van der Waals surface area contributed by atoms with Crippen LogP contribution in [0.4, 0.5) is 5.69 Å². The van der Waals surface area contributed by atoms with Gasteiger partial charge in [0.25, 0.3) is 0 Å². The number of benzene rings is 2. The number of anilines is 1. The maximum atomic E-state index is 9.92. The standard InChI is InChI=1S/C17H19N3O/c1-12(2)20-11-18-9-13(20)10-19-16-7-3-6-15-14(16)5-4-8-17(15)21/h3-9,11-12,19,21H,10H2,1-2H3. The van der Waals surface area contributed by atoms with Crippen molar-refractivity contribution in [2.45, 2.75) is 26.4 Å². The van der Waals surface area contributed by atoms with E-state index in [0.29, 0.717) is 18.3 Å². The summed E-state index contributed by atoms with van der Waals surface area (Å²) in [4.78, 5) is 4.22. The highest BCUT2D eigenvalue weighted by Gasteiger charge is 2.07. The topological polar surface area (TPSA) is 50.1 Å². The van der Waals surface area contributed by atoms with Crippen LogP contribution in [0.2, 0.25) is 0 Å². The molecule has 0 amide bonds. The van der Waals surface area contributed by atoms with Crippen LogP contribution in [0, 0.1) is 0 Å². The molecule has 0 saturated heterocycles. The van der Waals surface area contributed by atoms with Gasteiger partial charge in [0, 0.05) is 28.7 Å². The number of phenols is 1. The lowest BCUT2D eigenvalue weighted by Crippen LogP contribution is -2.08. The number of phenolic OH excluding ortho intramolecular Hbond substituents is 1. The van der Waals surface area contributed by atoms with E-state index in [1.807, 2.05) is 42.9 Å². The average molecular weight is 281 g/mol. The Morgan fingerprint density at radius 1 is 1.14 bits per heavy atom. The van der Waals surface area contributed by atoms with Crippen LogP contribution in [0.1, 0.15) is 25.6 Å². The predicted molar refractivity (Wildman–Crippen MR) is 85.6 cm³/mol. The van der Waals surface area contributed by atoms with Crippen LogP contribution in [0.15, 0.2) is 48.9 Å². The first-order chi connectivity index (χ1) is 10.2. The van der Waals surface area contributed by atoms with Gasteiger partial charge < -0.3 is 15.0 Å². The molecular formula is C17H19N3O. The molecule has 0 aliphatic heterocycles. The van der Waals surface area contributed by atoms with E-state index in [-0.39, 0.29) is 0 Å². The second-order valence-corrected chi connectivity index (χ2v) is 5.42. The molecule has 2 aromatic carbocycles. The van der Waals surface area contributed by atoms with Crippen molar-refractivity contribution in [2.24, 2.45) is 0 Å². The molecule has 0 atom stereocenters. The Labute approximate surface area is 124 Å². The van der Waals surface area contributed by atoms with Crippen molar-refractivity contribution in [2.75, 3.05) is 5.32 Å². The largest absolute Gasteiger partial charge is 0.507 e. The van der Waals surface area contributed by atoms with Crippen LogP contribution >= 0.6 is 0 Å². The maximum absolute atomic E-state index is 9.92. The van der Waals surface area contributed by atoms with Crippen molar-refractivity contribution < 1.29 is 5.11 Å². The molecule has 4 nitrogen and oxygen atoms in total. The van der Waals surface area contributed by atoms with E-state index in [0.717, 1.165) is 22.2 Å². The first-order valence-corrected chi connectivity index (χ1v) is 7.12. The van der Waals surface area contributed by atoms with E-state index in [1.165, 1.54) is 0 Å². The van der Waals surface area contributed by atoms with Gasteiger partial charge in [0.05, 0.1) is 18.6 Å². The first-order valence-electron chi connectivity index (χ1n) is 7.12. The van der Waals surface area contributed by atoms with Gasteiger partial charge in [-0.3, -0.25) is 0 Å². The lowest BCUT2D eigenvalue weighted by molar-refractivity contribution is 0.481.